The fourth-order valence-electron chi connectivity index (χ4n) is 2.46. The van der Waals surface area contributed by atoms with Gasteiger partial charge in [0.25, 0.3) is 0 Å². The smallest absolute Gasteiger partial charge is 0.109 e. The first kappa shape index (κ1) is 13.4. The van der Waals surface area contributed by atoms with E-state index in [9.17, 15) is 0 Å². The van der Waals surface area contributed by atoms with Crippen LogP contribution in [-0.4, -0.2) is 6.10 Å². The molecule has 1 aromatic rings. The molecule has 0 aromatic heterocycles. The van der Waals surface area contributed by atoms with Crippen LogP contribution in [0.3, 0.4) is 0 Å². The summed E-state index contributed by atoms with van der Waals surface area (Å²) in [7, 11) is 0. The van der Waals surface area contributed by atoms with Crippen LogP contribution in [0.5, 0.6) is 0 Å². The molecule has 1 heterocycles. The highest BCUT2D eigenvalue weighted by molar-refractivity contribution is 5.22. The van der Waals surface area contributed by atoms with Crippen molar-refractivity contribution in [3.63, 3.8) is 0 Å². The molecule has 0 amide bonds. The third kappa shape index (κ3) is 4.30. The van der Waals surface area contributed by atoms with Crippen LogP contribution in [0.2, 0.25) is 0 Å². The van der Waals surface area contributed by atoms with Crippen molar-refractivity contribution >= 4 is 0 Å². The van der Waals surface area contributed by atoms with Crippen molar-refractivity contribution in [1.82, 2.24) is 0 Å². The minimum Gasteiger partial charge on any atom is -0.365 e. The van der Waals surface area contributed by atoms with Crippen molar-refractivity contribution in [2.45, 2.75) is 57.2 Å². The third-order valence-corrected chi connectivity index (χ3v) is 3.61. The van der Waals surface area contributed by atoms with E-state index in [1.807, 2.05) is 6.08 Å². The van der Waals surface area contributed by atoms with Crippen LogP contribution in [0.1, 0.15) is 56.6 Å². The average molecular weight is 244 g/mol. The SMILES string of the molecule is C=CCCCCCCC[C@H]1O[C@H]1c1ccccc1. The van der Waals surface area contributed by atoms with Crippen molar-refractivity contribution in [3.8, 4) is 0 Å². The second-order valence-corrected chi connectivity index (χ2v) is 5.14. The summed E-state index contributed by atoms with van der Waals surface area (Å²) in [5, 5.41) is 0. The number of allylic oxidation sites excluding steroid dienone is 1. The molecule has 0 spiro atoms. The van der Waals surface area contributed by atoms with Crippen LogP contribution in [0.25, 0.3) is 0 Å². The van der Waals surface area contributed by atoms with Gasteiger partial charge in [0.1, 0.15) is 6.10 Å². The van der Waals surface area contributed by atoms with Gasteiger partial charge in [-0.1, -0.05) is 62.1 Å². The lowest BCUT2D eigenvalue weighted by atomic mass is 10.0. The zero-order chi connectivity index (χ0) is 12.6. The maximum atomic E-state index is 5.73. The molecule has 0 N–H and O–H groups in total. The molecule has 18 heavy (non-hydrogen) atoms. The summed E-state index contributed by atoms with van der Waals surface area (Å²) in [6.07, 6.45) is 11.9. The summed E-state index contributed by atoms with van der Waals surface area (Å²) >= 11 is 0. The standard InChI is InChI=1S/C17H24O/c1-2-3-4-5-6-7-11-14-16-17(18-16)15-12-9-8-10-13-15/h2,8-10,12-13,16-17H,1,3-7,11,14H2/t16-,17+/m1/s1. The molecule has 2 atom stereocenters. The Kier molecular flexibility index (Phi) is 5.47. The summed E-state index contributed by atoms with van der Waals surface area (Å²) in [5.41, 5.74) is 1.34. The summed E-state index contributed by atoms with van der Waals surface area (Å²) in [6, 6.07) is 10.6. The second kappa shape index (κ2) is 7.38. The van der Waals surface area contributed by atoms with E-state index in [0.29, 0.717) is 12.2 Å². The van der Waals surface area contributed by atoms with Gasteiger partial charge in [-0.3, -0.25) is 0 Å². The first-order valence-corrected chi connectivity index (χ1v) is 7.23. The summed E-state index contributed by atoms with van der Waals surface area (Å²) in [4.78, 5) is 0. The molecule has 0 bridgehead atoms. The molecule has 0 radical (unpaired) electrons. The maximum absolute atomic E-state index is 5.73. The summed E-state index contributed by atoms with van der Waals surface area (Å²) in [5.74, 6) is 0. The lowest BCUT2D eigenvalue weighted by Crippen LogP contribution is -1.89. The molecule has 0 saturated carbocycles. The fraction of sp³-hybridized carbons (Fsp3) is 0.529. The van der Waals surface area contributed by atoms with Gasteiger partial charge in [-0.15, -0.1) is 6.58 Å². The van der Waals surface area contributed by atoms with Crippen molar-refractivity contribution in [3.05, 3.63) is 48.6 Å². The van der Waals surface area contributed by atoms with Crippen molar-refractivity contribution in [2.75, 3.05) is 0 Å². The number of rotatable bonds is 9. The van der Waals surface area contributed by atoms with Gasteiger partial charge in [0.05, 0.1) is 6.10 Å². The first-order valence-electron chi connectivity index (χ1n) is 7.23. The van der Waals surface area contributed by atoms with E-state index < -0.39 is 0 Å². The van der Waals surface area contributed by atoms with Gasteiger partial charge in [0.15, 0.2) is 0 Å². The van der Waals surface area contributed by atoms with Crippen LogP contribution in [0.4, 0.5) is 0 Å². The lowest BCUT2D eigenvalue weighted by Gasteiger charge is -1.99. The van der Waals surface area contributed by atoms with Crippen LogP contribution in [0, 0.1) is 0 Å². The highest BCUT2D eigenvalue weighted by atomic mass is 16.6. The summed E-state index contributed by atoms with van der Waals surface area (Å²) in [6.45, 7) is 3.75. The number of benzene rings is 1. The Morgan fingerprint density at radius 2 is 1.72 bits per heavy atom. The van der Waals surface area contributed by atoms with E-state index in [2.05, 4.69) is 36.9 Å². The average Bonchev–Trinajstić information content (AvgIpc) is 3.18. The number of ether oxygens (including phenoxy) is 1. The Labute approximate surface area is 111 Å². The van der Waals surface area contributed by atoms with Crippen LogP contribution in [0.15, 0.2) is 43.0 Å². The number of hydrogen-bond donors (Lipinski definition) is 0. The van der Waals surface area contributed by atoms with E-state index in [1.165, 1.54) is 50.5 Å². The second-order valence-electron chi connectivity index (χ2n) is 5.14. The van der Waals surface area contributed by atoms with Gasteiger partial charge in [-0.05, 0) is 24.8 Å². The molecular weight excluding hydrogens is 220 g/mol. The van der Waals surface area contributed by atoms with Crippen molar-refractivity contribution < 1.29 is 4.74 Å². The molecule has 1 heteroatoms. The first-order chi connectivity index (χ1) is 8.92. The highest BCUT2D eigenvalue weighted by Crippen LogP contribution is 2.41. The molecular formula is C17H24O. The van der Waals surface area contributed by atoms with E-state index >= 15 is 0 Å². The zero-order valence-electron chi connectivity index (χ0n) is 11.2. The molecule has 1 nitrogen and oxygen atoms in total. The Morgan fingerprint density at radius 3 is 2.50 bits per heavy atom. The Balaban J connectivity index is 1.51. The Morgan fingerprint density at radius 1 is 1.00 bits per heavy atom. The van der Waals surface area contributed by atoms with E-state index in [4.69, 9.17) is 4.74 Å². The van der Waals surface area contributed by atoms with Gasteiger partial charge in [0, 0.05) is 0 Å². The predicted octanol–water partition coefficient (Wildman–Crippen LogP) is 5.04. The van der Waals surface area contributed by atoms with Gasteiger partial charge in [-0.2, -0.15) is 0 Å². The molecule has 1 aliphatic heterocycles. The van der Waals surface area contributed by atoms with Gasteiger partial charge >= 0.3 is 0 Å². The quantitative estimate of drug-likeness (QED) is 0.337. The Hall–Kier alpha value is -1.08. The minimum absolute atomic E-state index is 0.381. The van der Waals surface area contributed by atoms with Crippen LogP contribution < -0.4 is 0 Å². The molecule has 0 aliphatic carbocycles. The maximum Gasteiger partial charge on any atom is 0.109 e. The molecule has 1 fully saturated rings. The molecule has 1 aromatic carbocycles. The van der Waals surface area contributed by atoms with E-state index in [1.54, 1.807) is 0 Å². The highest BCUT2D eigenvalue weighted by Gasteiger charge is 2.38. The largest absolute Gasteiger partial charge is 0.365 e. The molecule has 1 aliphatic rings. The molecule has 1 saturated heterocycles. The van der Waals surface area contributed by atoms with Crippen LogP contribution in [-0.2, 0) is 4.74 Å². The van der Waals surface area contributed by atoms with Gasteiger partial charge in [-0.25, -0.2) is 0 Å². The van der Waals surface area contributed by atoms with Crippen molar-refractivity contribution in [1.29, 1.82) is 0 Å². The van der Waals surface area contributed by atoms with E-state index in [0.717, 1.165) is 0 Å². The molecule has 0 unspecified atom stereocenters. The normalized spacial score (nSPS) is 21.8. The topological polar surface area (TPSA) is 12.5 Å². The molecule has 2 rings (SSSR count). The fourth-order valence-corrected chi connectivity index (χ4v) is 2.46. The predicted molar refractivity (Wildman–Crippen MR) is 76.6 cm³/mol. The monoisotopic (exact) mass is 244 g/mol. The van der Waals surface area contributed by atoms with Crippen molar-refractivity contribution in [2.24, 2.45) is 0 Å². The number of unbranched alkanes of at least 4 members (excludes halogenated alkanes) is 5. The lowest BCUT2D eigenvalue weighted by molar-refractivity contribution is 0.360. The van der Waals surface area contributed by atoms with Gasteiger partial charge in [0.2, 0.25) is 0 Å². The van der Waals surface area contributed by atoms with Gasteiger partial charge < -0.3 is 4.74 Å². The minimum atomic E-state index is 0.381. The van der Waals surface area contributed by atoms with E-state index in [-0.39, 0.29) is 0 Å². The third-order valence-electron chi connectivity index (χ3n) is 3.61. The zero-order valence-corrected chi connectivity index (χ0v) is 11.2. The Bertz CT molecular complexity index is 344. The van der Waals surface area contributed by atoms with Crippen LogP contribution >= 0.6 is 0 Å². The summed E-state index contributed by atoms with van der Waals surface area (Å²) < 4.78 is 5.73. The number of hydrogen-bond acceptors (Lipinski definition) is 1. The number of epoxide rings is 1. The molecule has 98 valence electrons.